The molecule has 1 aliphatic heterocycles. The fraction of sp³-hybridized carbons (Fsp3) is 0.158. The zero-order valence-corrected chi connectivity index (χ0v) is 14.6. The average molecular weight is 342 g/mol. The molecule has 1 aliphatic rings. The first kappa shape index (κ1) is 18.1. The van der Waals surface area contributed by atoms with Gasteiger partial charge in [0.15, 0.2) is 11.5 Å². The van der Waals surface area contributed by atoms with Crippen molar-refractivity contribution in [2.24, 2.45) is 0 Å². The number of ether oxygens (including phenoxy) is 2. The average Bonchev–Trinajstić information content (AvgIpc) is 3.29. The molecule has 0 radical (unpaired) electrons. The van der Waals surface area contributed by atoms with Crippen LogP contribution in [-0.2, 0) is 6.42 Å². The van der Waals surface area contributed by atoms with Crippen molar-refractivity contribution >= 4 is 5.97 Å². The summed E-state index contributed by atoms with van der Waals surface area (Å²) in [6.07, 6.45) is 4.19. The summed E-state index contributed by atoms with van der Waals surface area (Å²) in [5.74, 6) is -0.517. The molecule has 0 saturated heterocycles. The van der Waals surface area contributed by atoms with E-state index in [-0.39, 0.29) is 37.0 Å². The molecule has 0 N–H and O–H groups in total. The van der Waals surface area contributed by atoms with Gasteiger partial charge in [0.25, 0.3) is 0 Å². The molecule has 0 unspecified atom stereocenters. The van der Waals surface area contributed by atoms with E-state index in [2.05, 4.69) is 5.10 Å². The summed E-state index contributed by atoms with van der Waals surface area (Å²) >= 11 is 0. The number of hydrogen-bond donors (Lipinski definition) is 0. The maximum atomic E-state index is 11.4. The van der Waals surface area contributed by atoms with Crippen LogP contribution >= 0.6 is 0 Å². The molecule has 0 spiro atoms. The van der Waals surface area contributed by atoms with Crippen LogP contribution in [0.1, 0.15) is 27.0 Å². The van der Waals surface area contributed by atoms with E-state index in [4.69, 9.17) is 9.47 Å². The van der Waals surface area contributed by atoms with Gasteiger partial charge in [-0.05, 0) is 54.3 Å². The maximum Gasteiger partial charge on any atom is 1.00 e. The normalized spacial score (nSPS) is 11.9. The van der Waals surface area contributed by atoms with Crippen molar-refractivity contribution in [3.05, 3.63) is 71.0 Å². The van der Waals surface area contributed by atoms with Gasteiger partial charge in [0.1, 0.15) is 0 Å². The SMILES string of the molecule is Cc1c(Cc2ccc(-n3cccn3)cc2)cc(C(=O)[O-])c2c1OCO2.[Li+]. The molecule has 26 heavy (non-hydrogen) atoms. The van der Waals surface area contributed by atoms with E-state index >= 15 is 0 Å². The van der Waals surface area contributed by atoms with Crippen LogP contribution in [0.15, 0.2) is 48.8 Å². The van der Waals surface area contributed by atoms with Crippen LogP contribution in [0, 0.1) is 6.92 Å². The number of nitrogens with zero attached hydrogens (tertiary/aromatic N) is 2. The van der Waals surface area contributed by atoms with Gasteiger partial charge in [-0.1, -0.05) is 12.1 Å². The summed E-state index contributed by atoms with van der Waals surface area (Å²) in [4.78, 5) is 11.4. The van der Waals surface area contributed by atoms with Gasteiger partial charge in [-0.25, -0.2) is 4.68 Å². The van der Waals surface area contributed by atoms with E-state index < -0.39 is 5.97 Å². The van der Waals surface area contributed by atoms with Crippen LogP contribution in [0.25, 0.3) is 5.69 Å². The second-order valence-corrected chi connectivity index (χ2v) is 5.85. The van der Waals surface area contributed by atoms with Gasteiger partial charge in [0.05, 0.1) is 11.7 Å². The molecule has 0 aliphatic carbocycles. The minimum Gasteiger partial charge on any atom is -0.545 e. The number of benzene rings is 2. The Balaban J connectivity index is 0.00000196. The molecule has 1 aromatic heterocycles. The van der Waals surface area contributed by atoms with Crippen LogP contribution < -0.4 is 33.4 Å². The van der Waals surface area contributed by atoms with Gasteiger partial charge < -0.3 is 19.4 Å². The molecule has 7 heteroatoms. The number of aromatic carboxylic acids is 1. The van der Waals surface area contributed by atoms with E-state index in [9.17, 15) is 9.90 Å². The van der Waals surface area contributed by atoms with Crippen LogP contribution in [0.4, 0.5) is 0 Å². The van der Waals surface area contributed by atoms with Crippen LogP contribution in [-0.4, -0.2) is 22.5 Å². The fourth-order valence-electron chi connectivity index (χ4n) is 2.99. The molecular weight excluding hydrogens is 327 g/mol. The number of carboxylic acid groups (broad SMARTS) is 1. The summed E-state index contributed by atoms with van der Waals surface area (Å²) in [6.45, 7) is 1.93. The van der Waals surface area contributed by atoms with Crippen LogP contribution in [0.3, 0.4) is 0 Å². The molecule has 0 atom stereocenters. The van der Waals surface area contributed by atoms with E-state index in [1.54, 1.807) is 16.9 Å². The molecule has 0 saturated carbocycles. The number of aromatic nitrogens is 2. The Morgan fingerprint density at radius 3 is 2.62 bits per heavy atom. The molecule has 0 amide bonds. The van der Waals surface area contributed by atoms with Gasteiger partial charge in [-0.15, -0.1) is 0 Å². The standard InChI is InChI=1S/C19H16N2O4.Li/c1-12-14(10-16(19(22)23)18-17(12)24-11-25-18)9-13-3-5-15(6-4-13)21-8-2-7-20-21;/h2-8,10H,9,11H2,1H3,(H,22,23);/q;+1/p-1. The molecule has 0 fully saturated rings. The number of carbonyl (C=O) groups is 1. The molecular formula is C19H15LiN2O4. The summed E-state index contributed by atoms with van der Waals surface area (Å²) in [6, 6.07) is 11.4. The van der Waals surface area contributed by atoms with E-state index in [0.29, 0.717) is 12.2 Å². The Kier molecular flexibility index (Phi) is 5.08. The van der Waals surface area contributed by atoms with Crippen LogP contribution in [0.2, 0.25) is 0 Å². The predicted octanol–water partition coefficient (Wildman–Crippen LogP) is -1.13. The van der Waals surface area contributed by atoms with Gasteiger partial charge in [0, 0.05) is 18.0 Å². The van der Waals surface area contributed by atoms with Crippen molar-refractivity contribution in [3.63, 3.8) is 0 Å². The summed E-state index contributed by atoms with van der Waals surface area (Å²) in [5, 5.41) is 15.6. The van der Waals surface area contributed by atoms with Crippen molar-refractivity contribution in [2.45, 2.75) is 13.3 Å². The Labute approximate surface area is 162 Å². The molecule has 6 nitrogen and oxygen atoms in total. The first-order chi connectivity index (χ1) is 12.1. The van der Waals surface area contributed by atoms with Gasteiger partial charge >= 0.3 is 18.9 Å². The Bertz CT molecular complexity index is 937. The van der Waals surface area contributed by atoms with Crippen molar-refractivity contribution < 1.29 is 38.2 Å². The Hall–Kier alpha value is -2.68. The third-order valence-electron chi connectivity index (χ3n) is 4.32. The number of fused-ring (bicyclic) bond motifs is 1. The first-order valence-electron chi connectivity index (χ1n) is 7.86. The molecule has 2 heterocycles. The van der Waals surface area contributed by atoms with Crippen molar-refractivity contribution in [2.75, 3.05) is 6.79 Å². The van der Waals surface area contributed by atoms with Gasteiger partial charge in [-0.3, -0.25) is 0 Å². The smallest absolute Gasteiger partial charge is 0.545 e. The molecule has 2 aromatic carbocycles. The van der Waals surface area contributed by atoms with Crippen molar-refractivity contribution in [3.8, 4) is 17.2 Å². The summed E-state index contributed by atoms with van der Waals surface area (Å²) in [7, 11) is 0. The molecule has 126 valence electrons. The largest absolute Gasteiger partial charge is 1.00 e. The monoisotopic (exact) mass is 342 g/mol. The second-order valence-electron chi connectivity index (χ2n) is 5.85. The molecule has 0 bridgehead atoms. The number of rotatable bonds is 4. The number of carbonyl (C=O) groups excluding carboxylic acids is 1. The van der Waals surface area contributed by atoms with Crippen molar-refractivity contribution in [1.29, 1.82) is 0 Å². The zero-order chi connectivity index (χ0) is 17.4. The molecule has 4 rings (SSSR count). The van der Waals surface area contributed by atoms with Crippen molar-refractivity contribution in [1.82, 2.24) is 9.78 Å². The van der Waals surface area contributed by atoms with E-state index in [1.807, 2.05) is 43.5 Å². The summed E-state index contributed by atoms with van der Waals surface area (Å²) in [5.41, 5.74) is 3.80. The predicted molar refractivity (Wildman–Crippen MR) is 88.0 cm³/mol. The van der Waals surface area contributed by atoms with Gasteiger partial charge in [0.2, 0.25) is 6.79 Å². The summed E-state index contributed by atoms with van der Waals surface area (Å²) < 4.78 is 12.5. The third-order valence-corrected chi connectivity index (χ3v) is 4.32. The minimum absolute atomic E-state index is 0. The Morgan fingerprint density at radius 2 is 1.96 bits per heavy atom. The number of carboxylic acids is 1. The minimum atomic E-state index is -1.27. The van der Waals surface area contributed by atoms with E-state index in [0.717, 1.165) is 22.4 Å². The topological polar surface area (TPSA) is 76.4 Å². The first-order valence-corrected chi connectivity index (χ1v) is 7.86. The second kappa shape index (κ2) is 7.28. The maximum absolute atomic E-state index is 11.4. The quantitative estimate of drug-likeness (QED) is 0.561. The third kappa shape index (κ3) is 3.21. The zero-order valence-electron chi connectivity index (χ0n) is 14.6. The van der Waals surface area contributed by atoms with E-state index in [1.165, 1.54) is 0 Å². The Morgan fingerprint density at radius 1 is 1.23 bits per heavy atom. The van der Waals surface area contributed by atoms with Gasteiger partial charge in [-0.2, -0.15) is 5.10 Å². The van der Waals surface area contributed by atoms with Crippen LogP contribution in [0.5, 0.6) is 11.5 Å². The number of hydrogen-bond acceptors (Lipinski definition) is 5. The fourth-order valence-corrected chi connectivity index (χ4v) is 2.99. The molecule has 3 aromatic rings.